The van der Waals surface area contributed by atoms with Crippen LogP contribution in [-0.4, -0.2) is 21.3 Å². The number of rotatable bonds is 2. The highest BCUT2D eigenvalue weighted by Gasteiger charge is 1.87. The highest BCUT2D eigenvalue weighted by atomic mass is 28.1. The van der Waals surface area contributed by atoms with Gasteiger partial charge in [-0.2, -0.15) is 0 Å². The van der Waals surface area contributed by atoms with Crippen LogP contribution in [0.4, 0.5) is 0 Å². The lowest BCUT2D eigenvalue weighted by Gasteiger charge is -1.79. The van der Waals surface area contributed by atoms with Crippen molar-refractivity contribution < 1.29 is 15.4 Å². The molecule has 0 amide bonds. The number of hydrogen-bond donors (Lipinski definition) is 1. The molecular weight excluding hydrogens is 96.1 g/mol. The van der Waals surface area contributed by atoms with E-state index in [9.17, 15) is 4.79 Å². The van der Waals surface area contributed by atoms with Gasteiger partial charge >= 0.3 is 5.97 Å². The first-order valence-electron chi connectivity index (χ1n) is 3.18. The van der Waals surface area contributed by atoms with Crippen LogP contribution in [0, 0.1) is 0 Å². The van der Waals surface area contributed by atoms with Gasteiger partial charge in [0.2, 0.25) is 0 Å². The van der Waals surface area contributed by atoms with Gasteiger partial charge in [-0.1, -0.05) is 6.00 Å². The lowest BCUT2D eigenvalue weighted by molar-refractivity contribution is -0.136. The van der Waals surface area contributed by atoms with Crippen molar-refractivity contribution in [3.8, 4) is 0 Å². The molecule has 3 radical (unpaired) electrons. The number of carbonyl (C=O) groups is 1. The summed E-state index contributed by atoms with van der Waals surface area (Å²) in [5.74, 6) is -4.37. The molecule has 0 saturated heterocycles. The fraction of sp³-hybridized carbons (Fsp3) is 0.667. The molecule has 1 N–H and O–H groups in total. The molecule has 0 aliphatic heterocycles. The molecule has 0 heterocycles. The third-order valence-corrected chi connectivity index (χ3v) is 0.294. The van der Waals surface area contributed by atoms with E-state index in [0.29, 0.717) is 0 Å². The van der Waals surface area contributed by atoms with E-state index in [0.717, 1.165) is 0 Å². The van der Waals surface area contributed by atoms with Crippen molar-refractivity contribution in [3.63, 3.8) is 0 Å². The fourth-order valence-corrected chi connectivity index (χ4v) is 0.160. The molecule has 6 heavy (non-hydrogen) atoms. The van der Waals surface area contributed by atoms with Gasteiger partial charge in [0.05, 0.1) is 0 Å². The molecule has 0 aliphatic carbocycles. The van der Waals surface area contributed by atoms with Gasteiger partial charge in [-0.25, -0.2) is 0 Å². The largest absolute Gasteiger partial charge is 0.481 e. The Balaban J connectivity index is 4.57. The minimum Gasteiger partial charge on any atom is -0.481 e. The van der Waals surface area contributed by atoms with Gasteiger partial charge in [0.1, 0.15) is 0 Å². The van der Waals surface area contributed by atoms with Gasteiger partial charge < -0.3 is 5.11 Å². The highest BCUT2D eigenvalue weighted by molar-refractivity contribution is 6.09. The van der Waals surface area contributed by atoms with Crippen LogP contribution in [0.15, 0.2) is 0 Å². The van der Waals surface area contributed by atoms with Crippen LogP contribution in [0.5, 0.6) is 0 Å². The number of aliphatic carboxylic acids is 1. The molecule has 2 nitrogen and oxygen atoms in total. The molecule has 0 aromatic carbocycles. The van der Waals surface area contributed by atoms with Crippen LogP contribution >= 0.6 is 0 Å². The van der Waals surface area contributed by atoms with Crippen molar-refractivity contribution in [2.24, 2.45) is 0 Å². The van der Waals surface area contributed by atoms with Crippen molar-refractivity contribution in [1.82, 2.24) is 0 Å². The van der Waals surface area contributed by atoms with Gasteiger partial charge in [-0.05, 0) is 0 Å². The second-order valence-electron chi connectivity index (χ2n) is 0.555. The molecule has 0 aliphatic rings. The molecule has 0 unspecified atom stereocenters. The second-order valence-corrected chi connectivity index (χ2v) is 0.805. The molecule has 0 spiro atoms. The molecular formula is C3H5O2Si. The van der Waals surface area contributed by atoms with Crippen molar-refractivity contribution in [1.29, 1.82) is 0 Å². The summed E-state index contributed by atoms with van der Waals surface area (Å²) >= 11 is 0. The van der Waals surface area contributed by atoms with Crippen molar-refractivity contribution in [2.45, 2.75) is 12.4 Å². The topological polar surface area (TPSA) is 37.3 Å². The Morgan fingerprint density at radius 3 is 2.67 bits per heavy atom. The van der Waals surface area contributed by atoms with Gasteiger partial charge in [0.15, 0.2) is 0 Å². The van der Waals surface area contributed by atoms with E-state index in [2.05, 4.69) is 10.2 Å². The lowest BCUT2D eigenvalue weighted by atomic mass is 10.5. The van der Waals surface area contributed by atoms with Crippen molar-refractivity contribution in [2.75, 3.05) is 0 Å². The first-order valence-corrected chi connectivity index (χ1v) is 1.68. The maximum atomic E-state index is 10.0. The zero-order valence-electron chi connectivity index (χ0n) is 6.86. The lowest BCUT2D eigenvalue weighted by Crippen LogP contribution is -1.91. The number of hydrogen-bond acceptors (Lipinski definition) is 1. The van der Waals surface area contributed by atoms with E-state index in [1.807, 2.05) is 0 Å². The summed E-state index contributed by atoms with van der Waals surface area (Å²) in [5.41, 5.74) is 0. The average Bonchev–Trinajstić information content (AvgIpc) is 1.62. The summed E-state index contributed by atoms with van der Waals surface area (Å²) in [6, 6.07) is 0. The summed E-state index contributed by atoms with van der Waals surface area (Å²) in [6.07, 6.45) is -2.90. The highest BCUT2D eigenvalue weighted by Crippen LogP contribution is 1.79. The average molecular weight is 105 g/mol. The Bertz CT molecular complexity index is 151. The Hall–Kier alpha value is -0.313. The number of carboxylic acid groups (broad SMARTS) is 1. The Morgan fingerprint density at radius 2 is 2.67 bits per heavy atom. The minimum atomic E-state index is -2.90. The Morgan fingerprint density at radius 1 is 2.17 bits per heavy atom. The van der Waals surface area contributed by atoms with Gasteiger partial charge in [0, 0.05) is 22.1 Å². The van der Waals surface area contributed by atoms with Crippen LogP contribution in [0.1, 0.15) is 11.9 Å². The summed E-state index contributed by atoms with van der Waals surface area (Å²) in [7, 11) is 2.33. The van der Waals surface area contributed by atoms with Crippen LogP contribution in [0.25, 0.3) is 0 Å². The SMILES string of the molecule is [2H]C([2H])([Si])C([2H])([2H])C(=O)O. The molecule has 0 fully saturated rings. The minimum absolute atomic E-state index is 1.83. The third-order valence-electron chi connectivity index (χ3n) is 0.169. The van der Waals surface area contributed by atoms with Crippen molar-refractivity contribution in [3.05, 3.63) is 0 Å². The maximum absolute atomic E-state index is 10.0. The summed E-state index contributed by atoms with van der Waals surface area (Å²) in [5, 5.41) is 8.13. The van der Waals surface area contributed by atoms with Gasteiger partial charge in [0.25, 0.3) is 0 Å². The zero-order valence-corrected chi connectivity index (χ0v) is 3.86. The first-order chi connectivity index (χ1) is 4.19. The van der Waals surface area contributed by atoms with E-state index in [1.54, 1.807) is 0 Å². The summed E-state index contributed by atoms with van der Waals surface area (Å²) in [6.45, 7) is 0. The van der Waals surface area contributed by atoms with Crippen molar-refractivity contribution >= 4 is 16.2 Å². The maximum Gasteiger partial charge on any atom is 0.303 e. The van der Waals surface area contributed by atoms with Crippen LogP contribution in [0.2, 0.25) is 6.00 Å². The zero-order chi connectivity index (χ0) is 8.58. The molecule has 0 atom stereocenters. The van der Waals surface area contributed by atoms with E-state index < -0.39 is 18.3 Å². The van der Waals surface area contributed by atoms with Gasteiger partial charge in [-0.3, -0.25) is 4.79 Å². The molecule has 0 rings (SSSR count). The molecule has 3 heteroatoms. The quantitative estimate of drug-likeness (QED) is 0.504. The molecule has 0 aromatic heterocycles. The summed E-state index contributed by atoms with van der Waals surface area (Å²) < 4.78 is 26.7. The van der Waals surface area contributed by atoms with Crippen LogP contribution in [0.3, 0.4) is 0 Å². The summed E-state index contributed by atoms with van der Waals surface area (Å²) in [4.78, 5) is 10.0. The number of carboxylic acids is 1. The van der Waals surface area contributed by atoms with Crippen LogP contribution in [-0.2, 0) is 4.79 Å². The monoisotopic (exact) mass is 105 g/mol. The standard InChI is InChI=1S/C3H5O2Si/c4-3(5)1-2-6/h1-2H2,(H,4,5)/i1D2,2D2. The van der Waals surface area contributed by atoms with E-state index in [-0.39, 0.29) is 0 Å². The Labute approximate surface area is 45.2 Å². The van der Waals surface area contributed by atoms with Gasteiger partial charge in [-0.15, -0.1) is 0 Å². The van der Waals surface area contributed by atoms with E-state index >= 15 is 0 Å². The molecule has 0 saturated carbocycles. The molecule has 0 bridgehead atoms. The Kier molecular flexibility index (Phi) is 0.800. The molecule has 33 valence electrons. The van der Waals surface area contributed by atoms with E-state index in [1.165, 1.54) is 0 Å². The smallest absolute Gasteiger partial charge is 0.303 e. The predicted octanol–water partition coefficient (Wildman–Crippen LogP) is 0.0479. The fourth-order valence-electron chi connectivity index (χ4n) is 0.0535. The molecule has 0 aromatic rings. The predicted molar refractivity (Wildman–Crippen MR) is 22.8 cm³/mol. The van der Waals surface area contributed by atoms with E-state index in [4.69, 9.17) is 10.6 Å². The first kappa shape index (κ1) is 1.66. The normalized spacial score (nSPS) is 22.8. The second kappa shape index (κ2) is 2.90. The third kappa shape index (κ3) is 3.69. The van der Waals surface area contributed by atoms with Crippen LogP contribution < -0.4 is 0 Å².